The largest absolute Gasteiger partial charge is 0.504 e. The highest BCUT2D eigenvalue weighted by Gasteiger charge is 2.29. The maximum atomic E-state index is 9.81. The van der Waals surface area contributed by atoms with Crippen LogP contribution in [0, 0.1) is 0 Å². The fourth-order valence-electron chi connectivity index (χ4n) is 3.11. The minimum Gasteiger partial charge on any atom is -0.504 e. The van der Waals surface area contributed by atoms with Crippen LogP contribution in [0.3, 0.4) is 0 Å². The molecule has 1 aliphatic heterocycles. The third-order valence-electron chi connectivity index (χ3n) is 4.35. The van der Waals surface area contributed by atoms with Crippen LogP contribution in [0.4, 0.5) is 0 Å². The highest BCUT2D eigenvalue weighted by molar-refractivity contribution is 5.85. The topological polar surface area (TPSA) is 61.1 Å². The molecule has 2 unspecified atom stereocenters. The lowest BCUT2D eigenvalue weighted by Crippen LogP contribution is -2.34. The lowest BCUT2D eigenvalue weighted by molar-refractivity contribution is -0.250. The molecule has 1 saturated heterocycles. The van der Waals surface area contributed by atoms with Crippen LogP contribution in [0.2, 0.25) is 0 Å². The maximum absolute atomic E-state index is 9.81. The lowest BCUT2D eigenvalue weighted by Gasteiger charge is -2.32. The molecular formula is C20H20O5. The minimum absolute atomic E-state index is 0.151. The van der Waals surface area contributed by atoms with E-state index in [4.69, 9.17) is 18.6 Å². The quantitative estimate of drug-likeness (QED) is 0.765. The number of ether oxygens (including phenoxy) is 3. The van der Waals surface area contributed by atoms with Crippen molar-refractivity contribution in [2.75, 3.05) is 19.8 Å². The number of aromatic hydroxyl groups is 1. The molecule has 5 heteroatoms. The summed E-state index contributed by atoms with van der Waals surface area (Å²) in [4.78, 5) is 0. The molecule has 130 valence electrons. The number of hydrogen-bond donors (Lipinski definition) is 1. The number of fused-ring (bicyclic) bond motifs is 1. The molecule has 0 radical (unpaired) electrons. The molecule has 3 aromatic rings. The maximum Gasteiger partial charge on any atom is 0.188 e. The Balaban J connectivity index is 1.42. The van der Waals surface area contributed by atoms with Crippen molar-refractivity contribution in [3.8, 4) is 5.75 Å². The van der Waals surface area contributed by atoms with Crippen LogP contribution < -0.4 is 0 Å². The van der Waals surface area contributed by atoms with E-state index < -0.39 is 6.29 Å². The molecule has 1 N–H and O–H groups in total. The van der Waals surface area contributed by atoms with Crippen molar-refractivity contribution in [1.29, 1.82) is 0 Å². The Bertz CT molecular complexity index is 826. The fraction of sp³-hybridized carbons (Fsp3) is 0.300. The second kappa shape index (κ2) is 7.27. The third kappa shape index (κ3) is 3.39. The monoisotopic (exact) mass is 340 g/mol. The van der Waals surface area contributed by atoms with Gasteiger partial charge in [0, 0.05) is 10.9 Å². The second-order valence-corrected chi connectivity index (χ2v) is 5.98. The zero-order chi connectivity index (χ0) is 17.1. The van der Waals surface area contributed by atoms with Crippen LogP contribution in [0.1, 0.15) is 17.2 Å². The average molecular weight is 340 g/mol. The number of phenols is 1. The molecule has 2 atom stereocenters. The zero-order valence-corrected chi connectivity index (χ0v) is 13.8. The number of furan rings is 1. The first-order valence-electron chi connectivity index (χ1n) is 8.41. The summed E-state index contributed by atoms with van der Waals surface area (Å²) >= 11 is 0. The Kier molecular flexibility index (Phi) is 4.70. The van der Waals surface area contributed by atoms with Gasteiger partial charge in [0.15, 0.2) is 17.6 Å². The lowest BCUT2D eigenvalue weighted by atomic mass is 10.1. The van der Waals surface area contributed by atoms with Crippen molar-refractivity contribution in [1.82, 2.24) is 0 Å². The fourth-order valence-corrected chi connectivity index (χ4v) is 3.11. The van der Waals surface area contributed by atoms with Crippen molar-refractivity contribution in [2.45, 2.75) is 18.8 Å². The van der Waals surface area contributed by atoms with Crippen molar-refractivity contribution in [3.63, 3.8) is 0 Å². The van der Waals surface area contributed by atoms with E-state index >= 15 is 0 Å². The highest BCUT2D eigenvalue weighted by Crippen LogP contribution is 2.30. The van der Waals surface area contributed by atoms with Crippen LogP contribution in [-0.2, 0) is 20.6 Å². The molecule has 1 aliphatic rings. The third-order valence-corrected chi connectivity index (χ3v) is 4.35. The molecule has 2 heterocycles. The van der Waals surface area contributed by atoms with Crippen molar-refractivity contribution in [2.24, 2.45) is 0 Å². The van der Waals surface area contributed by atoms with Gasteiger partial charge in [-0.15, -0.1) is 0 Å². The number of rotatable bonds is 5. The van der Waals surface area contributed by atoms with Gasteiger partial charge >= 0.3 is 0 Å². The van der Waals surface area contributed by atoms with E-state index in [0.717, 1.165) is 16.5 Å². The molecule has 2 aromatic carbocycles. The summed E-state index contributed by atoms with van der Waals surface area (Å²) in [6, 6.07) is 15.3. The summed E-state index contributed by atoms with van der Waals surface area (Å²) in [5.41, 5.74) is 2.56. The number of phenolic OH excluding ortho intramolecular Hbond substituents is 1. The van der Waals surface area contributed by atoms with Crippen LogP contribution in [0.5, 0.6) is 5.75 Å². The molecule has 1 fully saturated rings. The molecule has 1 aromatic heterocycles. The van der Waals surface area contributed by atoms with Gasteiger partial charge in [0.1, 0.15) is 6.10 Å². The summed E-state index contributed by atoms with van der Waals surface area (Å²) in [5, 5.41) is 10.7. The van der Waals surface area contributed by atoms with Crippen LogP contribution in [0.15, 0.2) is 59.2 Å². The minimum atomic E-state index is -0.428. The smallest absolute Gasteiger partial charge is 0.188 e. The molecule has 4 rings (SSSR count). The highest BCUT2D eigenvalue weighted by atomic mass is 16.7. The van der Waals surface area contributed by atoms with E-state index in [-0.39, 0.29) is 11.9 Å². The zero-order valence-electron chi connectivity index (χ0n) is 13.8. The predicted octanol–water partition coefficient (Wildman–Crippen LogP) is 3.81. The van der Waals surface area contributed by atoms with Crippen LogP contribution >= 0.6 is 0 Å². The predicted molar refractivity (Wildman–Crippen MR) is 92.4 cm³/mol. The normalized spacial score (nSPS) is 20.8. The summed E-state index contributed by atoms with van der Waals surface area (Å²) in [5.74, 6) is 0.151. The summed E-state index contributed by atoms with van der Waals surface area (Å²) in [6.45, 7) is 1.56. The van der Waals surface area contributed by atoms with Gasteiger partial charge in [-0.3, -0.25) is 0 Å². The van der Waals surface area contributed by atoms with Gasteiger partial charge in [0.2, 0.25) is 0 Å². The molecule has 0 spiro atoms. The van der Waals surface area contributed by atoms with E-state index in [1.165, 1.54) is 0 Å². The van der Waals surface area contributed by atoms with E-state index in [9.17, 15) is 5.11 Å². The molecule has 5 nitrogen and oxygen atoms in total. The van der Waals surface area contributed by atoms with Crippen LogP contribution in [-0.4, -0.2) is 31.2 Å². The van der Waals surface area contributed by atoms with Gasteiger partial charge in [-0.05, 0) is 18.1 Å². The summed E-state index contributed by atoms with van der Waals surface area (Å²) < 4.78 is 23.0. The molecule has 0 aliphatic carbocycles. The number of benzene rings is 2. The van der Waals surface area contributed by atoms with Gasteiger partial charge in [-0.2, -0.15) is 0 Å². The molecular weight excluding hydrogens is 320 g/mol. The van der Waals surface area contributed by atoms with Gasteiger partial charge < -0.3 is 23.7 Å². The van der Waals surface area contributed by atoms with Gasteiger partial charge in [0.05, 0.1) is 26.1 Å². The molecule has 0 amide bonds. The van der Waals surface area contributed by atoms with Gasteiger partial charge in [-0.25, -0.2) is 0 Å². The molecule has 0 bridgehead atoms. The summed E-state index contributed by atoms with van der Waals surface area (Å²) in [6.07, 6.45) is 1.68. The standard InChI is InChI=1S/C20H20O5/c21-17-8-4-7-16-15(13-25-19(16)17)9-10-23-20-18(22-11-12-24-20)14-5-2-1-3-6-14/h1-8,13,18,20-21H,9-12H2. The van der Waals surface area contributed by atoms with Crippen LogP contribution in [0.25, 0.3) is 11.0 Å². The van der Waals surface area contributed by atoms with E-state index in [1.54, 1.807) is 18.4 Å². The van der Waals surface area contributed by atoms with Gasteiger partial charge in [-0.1, -0.05) is 42.5 Å². The first-order chi connectivity index (χ1) is 12.3. The Morgan fingerprint density at radius 2 is 1.84 bits per heavy atom. The number of para-hydroxylation sites is 1. The molecule has 25 heavy (non-hydrogen) atoms. The van der Waals surface area contributed by atoms with E-state index in [0.29, 0.717) is 31.8 Å². The molecule has 0 saturated carbocycles. The Hall–Kier alpha value is -2.34. The summed E-state index contributed by atoms with van der Waals surface area (Å²) in [7, 11) is 0. The Labute approximate surface area is 145 Å². The average Bonchev–Trinajstić information content (AvgIpc) is 3.08. The SMILES string of the molecule is Oc1cccc2c(CCOC3OCCOC3c3ccccc3)coc12. The van der Waals surface area contributed by atoms with Crippen molar-refractivity contribution < 1.29 is 23.7 Å². The van der Waals surface area contributed by atoms with E-state index in [1.807, 2.05) is 36.4 Å². The first-order valence-corrected chi connectivity index (χ1v) is 8.41. The first kappa shape index (κ1) is 16.1. The van der Waals surface area contributed by atoms with E-state index in [2.05, 4.69) is 0 Å². The number of hydrogen-bond acceptors (Lipinski definition) is 5. The Morgan fingerprint density at radius 1 is 1.00 bits per heavy atom. The van der Waals surface area contributed by atoms with Crippen molar-refractivity contribution >= 4 is 11.0 Å². The van der Waals surface area contributed by atoms with Gasteiger partial charge in [0.25, 0.3) is 0 Å². The van der Waals surface area contributed by atoms with Crippen molar-refractivity contribution in [3.05, 3.63) is 65.9 Å². The Morgan fingerprint density at radius 3 is 2.72 bits per heavy atom. The second-order valence-electron chi connectivity index (χ2n) is 5.98.